The van der Waals surface area contributed by atoms with E-state index in [4.69, 9.17) is 5.11 Å². The van der Waals surface area contributed by atoms with Gasteiger partial charge in [0.2, 0.25) is 5.91 Å². The van der Waals surface area contributed by atoms with Gasteiger partial charge in [-0.25, -0.2) is 0 Å². The summed E-state index contributed by atoms with van der Waals surface area (Å²) < 4.78 is 1.05. The summed E-state index contributed by atoms with van der Waals surface area (Å²) in [5.74, 6) is -0.833. The van der Waals surface area contributed by atoms with E-state index in [1.165, 1.54) is 0 Å². The highest BCUT2D eigenvalue weighted by atomic mass is 79.9. The number of carboxylic acids is 1. The van der Waals surface area contributed by atoms with E-state index in [1.54, 1.807) is 21.1 Å². The van der Waals surface area contributed by atoms with Crippen LogP contribution in [0.2, 0.25) is 0 Å². The Hall–Kier alpha value is -0.920. The molecule has 0 saturated carbocycles. The van der Waals surface area contributed by atoms with Crippen LogP contribution in [-0.2, 0) is 16.1 Å². The minimum Gasteiger partial charge on any atom is -0.480 e. The van der Waals surface area contributed by atoms with Gasteiger partial charge in [0.05, 0.1) is 16.9 Å². The predicted octanol–water partition coefficient (Wildman–Crippen LogP) is 2.41. The summed E-state index contributed by atoms with van der Waals surface area (Å²) >= 11 is 5.03. The number of hydrogen-bond acceptors (Lipinski definition) is 4. The van der Waals surface area contributed by atoms with E-state index in [0.29, 0.717) is 26.1 Å². The van der Waals surface area contributed by atoms with Crippen molar-refractivity contribution in [1.29, 1.82) is 0 Å². The van der Waals surface area contributed by atoms with Gasteiger partial charge in [0.15, 0.2) is 0 Å². The molecule has 1 amide bonds. The van der Waals surface area contributed by atoms with Gasteiger partial charge in [-0.05, 0) is 54.4 Å². The number of carbonyl (C=O) groups excluding carboxylic acids is 1. The molecule has 2 heterocycles. The molecule has 5 nitrogen and oxygen atoms in total. The fourth-order valence-corrected chi connectivity index (χ4v) is 4.07. The third kappa shape index (κ3) is 4.28. The molecule has 0 radical (unpaired) electrons. The van der Waals surface area contributed by atoms with Gasteiger partial charge in [-0.1, -0.05) is 0 Å². The molecule has 0 aliphatic carbocycles. The van der Waals surface area contributed by atoms with Crippen LogP contribution in [0, 0.1) is 0 Å². The summed E-state index contributed by atoms with van der Waals surface area (Å²) in [6.07, 6.45) is 1.47. The van der Waals surface area contributed by atoms with Crippen LogP contribution in [-0.4, -0.2) is 52.5 Å². The van der Waals surface area contributed by atoms with Gasteiger partial charge in [0, 0.05) is 11.4 Å². The summed E-state index contributed by atoms with van der Waals surface area (Å²) in [5.41, 5.74) is 0. The zero-order valence-electron chi connectivity index (χ0n) is 11.9. The van der Waals surface area contributed by atoms with E-state index in [1.807, 2.05) is 19.1 Å². The molecule has 21 heavy (non-hydrogen) atoms. The highest BCUT2D eigenvalue weighted by Crippen LogP contribution is 2.23. The van der Waals surface area contributed by atoms with Crippen molar-refractivity contribution in [1.82, 2.24) is 9.80 Å². The molecule has 2 rings (SSSR count). The molecule has 1 aliphatic heterocycles. The van der Waals surface area contributed by atoms with Crippen molar-refractivity contribution in [3.63, 3.8) is 0 Å². The van der Waals surface area contributed by atoms with Gasteiger partial charge in [0.25, 0.3) is 0 Å². The first-order valence-corrected chi connectivity index (χ1v) is 8.61. The topological polar surface area (TPSA) is 60.9 Å². The Kier molecular flexibility index (Phi) is 5.78. The maximum atomic E-state index is 12.4. The highest BCUT2D eigenvalue weighted by Gasteiger charge is 2.32. The standard InChI is InChI=1S/C14H19BrN2O3S/c1-2-16(8-10-5-6-12(15)21-10)13(18)9-17-7-3-4-11(17)14(19)20/h5-6,11H,2-4,7-9H2,1H3,(H,19,20). The minimum atomic E-state index is -0.828. The lowest BCUT2D eigenvalue weighted by atomic mass is 10.2. The monoisotopic (exact) mass is 374 g/mol. The molecule has 0 bridgehead atoms. The number of aliphatic carboxylic acids is 1. The lowest BCUT2D eigenvalue weighted by Crippen LogP contribution is -2.44. The predicted molar refractivity (Wildman–Crippen MR) is 85.3 cm³/mol. The Morgan fingerprint density at radius 3 is 2.86 bits per heavy atom. The number of likely N-dealkylation sites (N-methyl/N-ethyl adjacent to an activating group) is 1. The molecule has 1 aromatic heterocycles. The van der Waals surface area contributed by atoms with E-state index in [0.717, 1.165) is 15.1 Å². The van der Waals surface area contributed by atoms with E-state index >= 15 is 0 Å². The van der Waals surface area contributed by atoms with Crippen LogP contribution in [0.25, 0.3) is 0 Å². The Labute approximate surface area is 136 Å². The van der Waals surface area contributed by atoms with Gasteiger partial charge in [-0.2, -0.15) is 0 Å². The number of rotatable bonds is 6. The van der Waals surface area contributed by atoms with Crippen LogP contribution in [0.3, 0.4) is 0 Å². The van der Waals surface area contributed by atoms with E-state index < -0.39 is 12.0 Å². The van der Waals surface area contributed by atoms with Crippen LogP contribution in [0.15, 0.2) is 15.9 Å². The molecule has 116 valence electrons. The molecule has 1 saturated heterocycles. The first-order valence-electron chi connectivity index (χ1n) is 7.00. The maximum Gasteiger partial charge on any atom is 0.320 e. The number of thiophene rings is 1. The molecule has 1 unspecified atom stereocenters. The number of nitrogens with zero attached hydrogens (tertiary/aromatic N) is 2. The third-order valence-electron chi connectivity index (χ3n) is 3.70. The number of halogens is 1. The number of carbonyl (C=O) groups is 2. The van der Waals surface area contributed by atoms with Crippen molar-refractivity contribution in [2.24, 2.45) is 0 Å². The molecule has 1 fully saturated rings. The largest absolute Gasteiger partial charge is 0.480 e. The molecule has 1 N–H and O–H groups in total. The molecule has 1 aliphatic rings. The summed E-state index contributed by atoms with van der Waals surface area (Å²) in [5, 5.41) is 9.16. The number of hydrogen-bond donors (Lipinski definition) is 1. The zero-order chi connectivity index (χ0) is 15.4. The average Bonchev–Trinajstić information content (AvgIpc) is 3.04. The van der Waals surface area contributed by atoms with Crippen molar-refractivity contribution >= 4 is 39.1 Å². The summed E-state index contributed by atoms with van der Waals surface area (Å²) in [7, 11) is 0. The SMILES string of the molecule is CCN(Cc1ccc(Br)s1)C(=O)CN1CCCC1C(=O)O. The quantitative estimate of drug-likeness (QED) is 0.830. The van der Waals surface area contributed by atoms with Crippen LogP contribution < -0.4 is 0 Å². The zero-order valence-corrected chi connectivity index (χ0v) is 14.3. The average molecular weight is 375 g/mol. The third-order valence-corrected chi connectivity index (χ3v) is 5.31. The summed E-state index contributed by atoms with van der Waals surface area (Å²) in [4.78, 5) is 28.2. The van der Waals surface area contributed by atoms with Crippen molar-refractivity contribution in [2.75, 3.05) is 19.6 Å². The molecular weight excluding hydrogens is 356 g/mol. The van der Waals surface area contributed by atoms with Gasteiger partial charge in [-0.3, -0.25) is 14.5 Å². The Bertz CT molecular complexity index is 520. The number of amides is 1. The highest BCUT2D eigenvalue weighted by molar-refractivity contribution is 9.11. The van der Waals surface area contributed by atoms with Crippen molar-refractivity contribution in [3.8, 4) is 0 Å². The molecule has 7 heteroatoms. The number of likely N-dealkylation sites (tertiary alicyclic amines) is 1. The molecular formula is C14H19BrN2O3S. The van der Waals surface area contributed by atoms with E-state index in [9.17, 15) is 9.59 Å². The fourth-order valence-electron chi connectivity index (χ4n) is 2.57. The van der Waals surface area contributed by atoms with Crippen molar-refractivity contribution in [3.05, 3.63) is 20.8 Å². The van der Waals surface area contributed by atoms with Crippen molar-refractivity contribution < 1.29 is 14.7 Å². The van der Waals surface area contributed by atoms with E-state index in [-0.39, 0.29) is 12.5 Å². The molecule has 1 aromatic rings. The molecule has 1 atom stereocenters. The first kappa shape index (κ1) is 16.5. The van der Waals surface area contributed by atoms with Crippen LogP contribution >= 0.6 is 27.3 Å². The van der Waals surface area contributed by atoms with Crippen LogP contribution in [0.5, 0.6) is 0 Å². The Balaban J connectivity index is 1.95. The molecule has 0 aromatic carbocycles. The number of carboxylic acid groups (broad SMARTS) is 1. The first-order chi connectivity index (χ1) is 10.0. The molecule has 0 spiro atoms. The Morgan fingerprint density at radius 1 is 1.52 bits per heavy atom. The van der Waals surface area contributed by atoms with Gasteiger partial charge in [0.1, 0.15) is 6.04 Å². The minimum absolute atomic E-state index is 0.00447. The fraction of sp³-hybridized carbons (Fsp3) is 0.571. The van der Waals surface area contributed by atoms with E-state index in [2.05, 4.69) is 15.9 Å². The Morgan fingerprint density at radius 2 is 2.29 bits per heavy atom. The lowest BCUT2D eigenvalue weighted by Gasteiger charge is -2.25. The lowest BCUT2D eigenvalue weighted by molar-refractivity contribution is -0.143. The smallest absolute Gasteiger partial charge is 0.320 e. The second-order valence-electron chi connectivity index (χ2n) is 5.08. The van der Waals surface area contributed by atoms with Gasteiger partial charge >= 0.3 is 5.97 Å². The summed E-state index contributed by atoms with van der Waals surface area (Å²) in [6.45, 7) is 4.03. The van der Waals surface area contributed by atoms with Crippen molar-refractivity contribution in [2.45, 2.75) is 32.4 Å². The van der Waals surface area contributed by atoms with Crippen LogP contribution in [0.1, 0.15) is 24.6 Å². The maximum absolute atomic E-state index is 12.4. The summed E-state index contributed by atoms with van der Waals surface area (Å²) in [6, 6.07) is 3.46. The normalized spacial score (nSPS) is 18.9. The van der Waals surface area contributed by atoms with Crippen LogP contribution in [0.4, 0.5) is 0 Å². The second-order valence-corrected chi connectivity index (χ2v) is 7.63. The van der Waals surface area contributed by atoms with Gasteiger partial charge < -0.3 is 10.0 Å². The second kappa shape index (κ2) is 7.38. The van der Waals surface area contributed by atoms with Gasteiger partial charge in [-0.15, -0.1) is 11.3 Å².